The maximum absolute atomic E-state index is 12.3. The lowest BCUT2D eigenvalue weighted by Crippen LogP contribution is -2.23. The van der Waals surface area contributed by atoms with Crippen LogP contribution in [0.25, 0.3) is 6.08 Å². The minimum Gasteiger partial charge on any atom is -0.489 e. The van der Waals surface area contributed by atoms with Crippen LogP contribution in [-0.2, 0) is 17.9 Å². The van der Waals surface area contributed by atoms with Crippen molar-refractivity contribution in [2.75, 3.05) is 0 Å². The van der Waals surface area contributed by atoms with Crippen molar-refractivity contribution in [1.29, 1.82) is 5.26 Å². The van der Waals surface area contributed by atoms with E-state index in [2.05, 4.69) is 5.32 Å². The molecule has 5 heteroatoms. The van der Waals surface area contributed by atoms with Gasteiger partial charge in [0.1, 0.15) is 24.0 Å². The molecule has 0 bridgehead atoms. The number of nitrogens with zero attached hydrogens (tertiary/aromatic N) is 1. The van der Waals surface area contributed by atoms with Crippen LogP contribution in [0.5, 0.6) is 5.75 Å². The van der Waals surface area contributed by atoms with Gasteiger partial charge >= 0.3 is 0 Å². The number of amides is 1. The Labute approximate surface area is 175 Å². The second-order valence-electron chi connectivity index (χ2n) is 6.32. The largest absolute Gasteiger partial charge is 0.489 e. The zero-order chi connectivity index (χ0) is 20.5. The average Bonchev–Trinajstić information content (AvgIpc) is 2.77. The molecule has 0 heterocycles. The Morgan fingerprint density at radius 1 is 0.966 bits per heavy atom. The van der Waals surface area contributed by atoms with Crippen LogP contribution in [0.15, 0.2) is 84.4 Å². The van der Waals surface area contributed by atoms with Crippen molar-refractivity contribution >= 4 is 23.6 Å². The highest BCUT2D eigenvalue weighted by molar-refractivity contribution is 6.30. The highest BCUT2D eigenvalue weighted by atomic mass is 35.5. The van der Waals surface area contributed by atoms with E-state index in [1.807, 2.05) is 60.7 Å². The van der Waals surface area contributed by atoms with Gasteiger partial charge in [0.15, 0.2) is 0 Å². The summed E-state index contributed by atoms with van der Waals surface area (Å²) in [6.07, 6.45) is 1.56. The van der Waals surface area contributed by atoms with Crippen LogP contribution in [0, 0.1) is 11.3 Å². The summed E-state index contributed by atoms with van der Waals surface area (Å²) in [5, 5.41) is 12.8. The normalized spacial score (nSPS) is 10.8. The first-order chi connectivity index (χ1) is 14.1. The first-order valence-corrected chi connectivity index (χ1v) is 9.43. The van der Waals surface area contributed by atoms with Gasteiger partial charge in [-0.05, 0) is 47.0 Å². The van der Waals surface area contributed by atoms with Gasteiger partial charge in [-0.3, -0.25) is 4.79 Å². The molecule has 0 unspecified atom stereocenters. The Balaban J connectivity index is 1.58. The number of rotatable bonds is 7. The van der Waals surface area contributed by atoms with E-state index in [4.69, 9.17) is 16.3 Å². The lowest BCUT2D eigenvalue weighted by molar-refractivity contribution is -0.117. The van der Waals surface area contributed by atoms with Crippen LogP contribution >= 0.6 is 11.6 Å². The average molecular weight is 403 g/mol. The van der Waals surface area contributed by atoms with Crippen LogP contribution in [0.2, 0.25) is 5.02 Å². The van der Waals surface area contributed by atoms with Gasteiger partial charge in [-0.25, -0.2) is 0 Å². The molecule has 0 fully saturated rings. The molecule has 29 heavy (non-hydrogen) atoms. The fourth-order valence-electron chi connectivity index (χ4n) is 2.60. The zero-order valence-corrected chi connectivity index (χ0v) is 16.4. The van der Waals surface area contributed by atoms with Gasteiger partial charge in [0.2, 0.25) is 0 Å². The molecule has 3 rings (SSSR count). The molecular weight excluding hydrogens is 384 g/mol. The van der Waals surface area contributed by atoms with Crippen LogP contribution in [0.1, 0.15) is 16.7 Å². The van der Waals surface area contributed by atoms with E-state index < -0.39 is 5.91 Å². The third kappa shape index (κ3) is 6.24. The van der Waals surface area contributed by atoms with E-state index in [0.717, 1.165) is 16.7 Å². The van der Waals surface area contributed by atoms with Crippen LogP contribution < -0.4 is 10.1 Å². The quantitative estimate of drug-likeness (QED) is 0.439. The van der Waals surface area contributed by atoms with E-state index in [0.29, 0.717) is 23.9 Å². The summed E-state index contributed by atoms with van der Waals surface area (Å²) in [7, 11) is 0. The molecule has 0 aromatic heterocycles. The highest BCUT2D eigenvalue weighted by Gasteiger charge is 2.08. The van der Waals surface area contributed by atoms with E-state index in [-0.39, 0.29) is 5.57 Å². The van der Waals surface area contributed by atoms with E-state index >= 15 is 0 Å². The van der Waals surface area contributed by atoms with Crippen LogP contribution in [0.4, 0.5) is 0 Å². The van der Waals surface area contributed by atoms with Gasteiger partial charge in [0.25, 0.3) is 5.91 Å². The SMILES string of the molecule is N#C/C(=C\c1ccc(OCc2ccc(Cl)cc2)cc1)C(=O)NCc1ccccc1. The van der Waals surface area contributed by atoms with E-state index in [9.17, 15) is 10.1 Å². The Morgan fingerprint density at radius 2 is 1.66 bits per heavy atom. The van der Waals surface area contributed by atoms with Crippen molar-refractivity contribution < 1.29 is 9.53 Å². The lowest BCUT2D eigenvalue weighted by atomic mass is 10.1. The summed E-state index contributed by atoms with van der Waals surface area (Å²) in [6.45, 7) is 0.799. The van der Waals surface area contributed by atoms with E-state index in [1.54, 1.807) is 30.3 Å². The number of nitriles is 1. The number of carbonyl (C=O) groups excluding carboxylic acids is 1. The topological polar surface area (TPSA) is 62.1 Å². The molecule has 0 saturated carbocycles. The zero-order valence-electron chi connectivity index (χ0n) is 15.6. The number of hydrogen-bond acceptors (Lipinski definition) is 3. The summed E-state index contributed by atoms with van der Waals surface area (Å²) in [5.41, 5.74) is 2.78. The van der Waals surface area contributed by atoms with Gasteiger partial charge in [-0.15, -0.1) is 0 Å². The summed E-state index contributed by atoms with van der Waals surface area (Å²) in [6, 6.07) is 26.2. The van der Waals surface area contributed by atoms with Crippen LogP contribution in [0.3, 0.4) is 0 Å². The Morgan fingerprint density at radius 3 is 2.31 bits per heavy atom. The van der Waals surface area contributed by atoms with Crippen molar-refractivity contribution in [1.82, 2.24) is 5.32 Å². The predicted octanol–water partition coefficient (Wildman–Crippen LogP) is 5.14. The smallest absolute Gasteiger partial charge is 0.262 e. The lowest BCUT2D eigenvalue weighted by Gasteiger charge is -2.07. The van der Waals surface area contributed by atoms with Crippen molar-refractivity contribution in [2.24, 2.45) is 0 Å². The molecule has 144 valence electrons. The molecular formula is C24H19ClN2O2. The number of hydrogen-bond donors (Lipinski definition) is 1. The molecule has 1 N–H and O–H groups in total. The first-order valence-electron chi connectivity index (χ1n) is 9.05. The Bertz CT molecular complexity index is 1020. The molecule has 4 nitrogen and oxygen atoms in total. The second-order valence-corrected chi connectivity index (χ2v) is 6.76. The van der Waals surface area contributed by atoms with Crippen molar-refractivity contribution in [2.45, 2.75) is 13.2 Å². The molecule has 3 aromatic rings. The number of halogens is 1. The Kier molecular flexibility index (Phi) is 7.05. The summed E-state index contributed by atoms with van der Waals surface area (Å²) in [5.74, 6) is 0.295. The molecule has 1 amide bonds. The maximum Gasteiger partial charge on any atom is 0.262 e. The number of carbonyl (C=O) groups is 1. The molecule has 0 aliphatic heterocycles. The molecule has 3 aromatic carbocycles. The molecule has 0 spiro atoms. The molecule has 0 radical (unpaired) electrons. The number of benzene rings is 3. The highest BCUT2D eigenvalue weighted by Crippen LogP contribution is 2.17. The molecule has 0 aliphatic carbocycles. The fourth-order valence-corrected chi connectivity index (χ4v) is 2.72. The van der Waals surface area contributed by atoms with Gasteiger partial charge in [0, 0.05) is 11.6 Å². The van der Waals surface area contributed by atoms with Crippen molar-refractivity contribution in [3.05, 3.63) is 106 Å². The monoisotopic (exact) mass is 402 g/mol. The third-order valence-electron chi connectivity index (χ3n) is 4.17. The predicted molar refractivity (Wildman–Crippen MR) is 114 cm³/mol. The summed E-state index contributed by atoms with van der Waals surface area (Å²) < 4.78 is 5.75. The van der Waals surface area contributed by atoms with Crippen LogP contribution in [-0.4, -0.2) is 5.91 Å². The second kappa shape index (κ2) is 10.1. The van der Waals surface area contributed by atoms with Crippen molar-refractivity contribution in [3.8, 4) is 11.8 Å². The molecule has 0 saturated heterocycles. The van der Waals surface area contributed by atoms with Gasteiger partial charge in [-0.2, -0.15) is 5.26 Å². The minimum absolute atomic E-state index is 0.0516. The number of ether oxygens (including phenoxy) is 1. The maximum atomic E-state index is 12.3. The Hall–Kier alpha value is -3.55. The number of nitrogens with one attached hydrogen (secondary N) is 1. The molecule has 0 aliphatic rings. The van der Waals surface area contributed by atoms with E-state index in [1.165, 1.54) is 0 Å². The molecule has 0 atom stereocenters. The van der Waals surface area contributed by atoms with Gasteiger partial charge in [-0.1, -0.05) is 66.2 Å². The van der Waals surface area contributed by atoms with Crippen molar-refractivity contribution in [3.63, 3.8) is 0 Å². The first kappa shape index (κ1) is 20.2. The summed E-state index contributed by atoms with van der Waals surface area (Å²) >= 11 is 5.88. The van der Waals surface area contributed by atoms with Gasteiger partial charge < -0.3 is 10.1 Å². The standard InChI is InChI=1S/C24H19ClN2O2/c25-22-10-6-20(7-11-22)17-29-23-12-8-18(9-13-23)14-21(15-26)24(28)27-16-19-4-2-1-3-5-19/h1-14H,16-17H2,(H,27,28)/b21-14+. The minimum atomic E-state index is -0.403. The summed E-state index contributed by atoms with van der Waals surface area (Å²) in [4.78, 5) is 12.3. The fraction of sp³-hybridized carbons (Fsp3) is 0.0833. The third-order valence-corrected chi connectivity index (χ3v) is 4.42. The van der Waals surface area contributed by atoms with Gasteiger partial charge in [0.05, 0.1) is 0 Å².